The zero-order valence-electron chi connectivity index (χ0n) is 18.8. The number of methoxy groups -OCH3 is 1. The molecule has 0 aliphatic carbocycles. The van der Waals surface area contributed by atoms with E-state index in [4.69, 9.17) is 19.6 Å². The van der Waals surface area contributed by atoms with Crippen LogP contribution in [0.4, 0.5) is 0 Å². The van der Waals surface area contributed by atoms with Gasteiger partial charge in [0.15, 0.2) is 5.58 Å². The highest BCUT2D eigenvalue weighted by Gasteiger charge is 2.35. The van der Waals surface area contributed by atoms with Crippen LogP contribution in [0, 0.1) is 11.3 Å². The van der Waals surface area contributed by atoms with Gasteiger partial charge in [0, 0.05) is 22.6 Å². The Bertz CT molecular complexity index is 1400. The van der Waals surface area contributed by atoms with Crippen LogP contribution >= 0.6 is 11.8 Å². The molecular formula is C25H23N5O3S. The number of H-pyrrole nitrogens is 1. The first-order valence-corrected chi connectivity index (χ1v) is 11.9. The second-order valence-electron chi connectivity index (χ2n) is 7.90. The fraction of sp³-hybridized carbons (Fsp3) is 0.240. The fourth-order valence-corrected chi connectivity index (χ4v) is 5.04. The fourth-order valence-electron chi connectivity index (χ4n) is 4.23. The molecule has 0 saturated carbocycles. The summed E-state index contributed by atoms with van der Waals surface area (Å²) in [5, 5.41) is 17.9. The van der Waals surface area contributed by atoms with E-state index in [1.165, 1.54) is 11.8 Å². The molecule has 3 heterocycles. The zero-order chi connectivity index (χ0) is 23.7. The second-order valence-corrected chi connectivity index (χ2v) is 8.83. The predicted molar refractivity (Wildman–Crippen MR) is 128 cm³/mol. The number of para-hydroxylation sites is 2. The van der Waals surface area contributed by atoms with Crippen LogP contribution in [0.1, 0.15) is 41.6 Å². The number of ether oxygens (including phenoxy) is 2. The Hall–Kier alpha value is -3.90. The molecule has 0 spiro atoms. The molecule has 0 bridgehead atoms. The van der Waals surface area contributed by atoms with Crippen LogP contribution in [-0.2, 0) is 12.2 Å². The normalized spacial score (nSPS) is 15.1. The predicted octanol–water partition coefficient (Wildman–Crippen LogP) is 5.02. The van der Waals surface area contributed by atoms with Gasteiger partial charge in [-0.2, -0.15) is 5.26 Å². The number of hydrogen-bond donors (Lipinski definition) is 2. The average molecular weight is 474 g/mol. The summed E-state index contributed by atoms with van der Waals surface area (Å²) in [6.45, 7) is 2.09. The van der Waals surface area contributed by atoms with E-state index in [1.807, 2.05) is 42.5 Å². The van der Waals surface area contributed by atoms with E-state index in [1.54, 1.807) is 7.11 Å². The molecule has 1 aliphatic heterocycles. The smallest absolute Gasteiger partial charge is 0.257 e. The molecule has 0 amide bonds. The number of nitriles is 1. The first-order valence-electron chi connectivity index (χ1n) is 10.9. The van der Waals surface area contributed by atoms with E-state index in [-0.39, 0.29) is 11.8 Å². The molecule has 3 N–H and O–H groups in total. The van der Waals surface area contributed by atoms with Gasteiger partial charge in [0.1, 0.15) is 22.9 Å². The Morgan fingerprint density at radius 3 is 2.88 bits per heavy atom. The number of fused-ring (bicyclic) bond motifs is 2. The van der Waals surface area contributed by atoms with Gasteiger partial charge in [0.05, 0.1) is 13.0 Å². The Balaban J connectivity index is 1.52. The van der Waals surface area contributed by atoms with E-state index >= 15 is 0 Å². The largest absolute Gasteiger partial charge is 0.496 e. The highest BCUT2D eigenvalue weighted by Crippen LogP contribution is 2.44. The number of thioether (sulfide) groups is 1. The molecule has 8 nitrogen and oxygen atoms in total. The first kappa shape index (κ1) is 21.9. The number of allylic oxidation sites excluding steroid dienone is 1. The summed E-state index contributed by atoms with van der Waals surface area (Å²) in [6, 6.07) is 15.8. The van der Waals surface area contributed by atoms with Crippen molar-refractivity contribution < 1.29 is 13.9 Å². The third-order valence-corrected chi connectivity index (χ3v) is 6.66. The molecule has 1 unspecified atom stereocenters. The lowest BCUT2D eigenvalue weighted by molar-refractivity contribution is 0.378. The van der Waals surface area contributed by atoms with Crippen LogP contribution in [-0.4, -0.2) is 22.3 Å². The Morgan fingerprint density at radius 2 is 2.12 bits per heavy atom. The van der Waals surface area contributed by atoms with Crippen LogP contribution in [0.5, 0.6) is 11.6 Å². The van der Waals surface area contributed by atoms with Gasteiger partial charge in [-0.3, -0.25) is 5.10 Å². The minimum absolute atomic E-state index is 0.0766. The van der Waals surface area contributed by atoms with Crippen molar-refractivity contribution in [3.8, 4) is 17.7 Å². The highest BCUT2D eigenvalue weighted by molar-refractivity contribution is 7.98. The van der Waals surface area contributed by atoms with Crippen molar-refractivity contribution in [3.05, 3.63) is 76.3 Å². The maximum atomic E-state index is 9.92. The molecule has 1 aliphatic rings. The summed E-state index contributed by atoms with van der Waals surface area (Å²) in [6.07, 6.45) is 1.72. The molecule has 2 aromatic carbocycles. The van der Waals surface area contributed by atoms with Crippen molar-refractivity contribution in [2.24, 2.45) is 5.73 Å². The van der Waals surface area contributed by atoms with Gasteiger partial charge in [0.2, 0.25) is 11.8 Å². The monoisotopic (exact) mass is 473 g/mol. The number of nitrogens with one attached hydrogen (secondary N) is 1. The molecular weight excluding hydrogens is 450 g/mol. The SMILES string of the molecule is CCCc1[nH]nc2c1C(c1ccc(OC)c(CSc3nc4ccccc4o3)c1)C(C#N)=C(N)O2. The Kier molecular flexibility index (Phi) is 5.90. The summed E-state index contributed by atoms with van der Waals surface area (Å²) in [4.78, 5) is 4.55. The van der Waals surface area contributed by atoms with E-state index < -0.39 is 0 Å². The van der Waals surface area contributed by atoms with Crippen molar-refractivity contribution in [1.29, 1.82) is 5.26 Å². The van der Waals surface area contributed by atoms with Crippen LogP contribution in [0.3, 0.4) is 0 Å². The lowest BCUT2D eigenvalue weighted by atomic mass is 9.83. The van der Waals surface area contributed by atoms with Gasteiger partial charge in [0.25, 0.3) is 5.22 Å². The van der Waals surface area contributed by atoms with Crippen LogP contribution < -0.4 is 15.2 Å². The summed E-state index contributed by atoms with van der Waals surface area (Å²) < 4.78 is 17.1. The van der Waals surface area contributed by atoms with Crippen LogP contribution in [0.15, 0.2) is 63.6 Å². The summed E-state index contributed by atoms with van der Waals surface area (Å²) in [5.74, 6) is 1.44. The number of benzene rings is 2. The van der Waals surface area contributed by atoms with E-state index in [9.17, 15) is 5.26 Å². The lowest BCUT2D eigenvalue weighted by Crippen LogP contribution is -2.21. The number of rotatable bonds is 7. The van der Waals surface area contributed by atoms with Crippen LogP contribution in [0.25, 0.3) is 11.1 Å². The lowest BCUT2D eigenvalue weighted by Gasteiger charge is -2.25. The van der Waals surface area contributed by atoms with E-state index in [0.29, 0.717) is 22.4 Å². The number of nitrogens with two attached hydrogens (primary N) is 1. The van der Waals surface area contributed by atoms with Crippen molar-refractivity contribution in [2.45, 2.75) is 36.7 Å². The summed E-state index contributed by atoms with van der Waals surface area (Å²) in [5.41, 5.74) is 11.7. The Labute approximate surface area is 200 Å². The third kappa shape index (κ3) is 3.86. The number of aryl methyl sites for hydroxylation is 1. The van der Waals surface area contributed by atoms with E-state index in [0.717, 1.165) is 52.1 Å². The summed E-state index contributed by atoms with van der Waals surface area (Å²) in [7, 11) is 1.64. The van der Waals surface area contributed by atoms with Crippen molar-refractivity contribution in [1.82, 2.24) is 15.2 Å². The average Bonchev–Trinajstić information content (AvgIpc) is 3.45. The number of aromatic nitrogens is 3. The number of oxazole rings is 1. The molecule has 172 valence electrons. The molecule has 0 radical (unpaired) electrons. The quantitative estimate of drug-likeness (QED) is 0.359. The highest BCUT2D eigenvalue weighted by atomic mass is 32.2. The molecule has 34 heavy (non-hydrogen) atoms. The molecule has 4 aromatic rings. The maximum Gasteiger partial charge on any atom is 0.257 e. The first-order chi connectivity index (χ1) is 16.6. The van der Waals surface area contributed by atoms with Crippen molar-refractivity contribution in [2.75, 3.05) is 7.11 Å². The van der Waals surface area contributed by atoms with Crippen LogP contribution in [0.2, 0.25) is 0 Å². The second kappa shape index (κ2) is 9.15. The summed E-state index contributed by atoms with van der Waals surface area (Å²) >= 11 is 1.49. The molecule has 0 fully saturated rings. The van der Waals surface area contributed by atoms with Gasteiger partial charge in [-0.25, -0.2) is 4.98 Å². The van der Waals surface area contributed by atoms with Gasteiger partial charge >= 0.3 is 0 Å². The minimum Gasteiger partial charge on any atom is -0.496 e. The van der Waals surface area contributed by atoms with Gasteiger partial charge in [-0.15, -0.1) is 5.10 Å². The van der Waals surface area contributed by atoms with Crippen molar-refractivity contribution in [3.63, 3.8) is 0 Å². The number of hydrogen-bond acceptors (Lipinski definition) is 8. The molecule has 2 aromatic heterocycles. The van der Waals surface area contributed by atoms with E-state index in [2.05, 4.69) is 28.2 Å². The molecule has 9 heteroatoms. The van der Waals surface area contributed by atoms with Gasteiger partial charge < -0.3 is 19.6 Å². The number of aromatic amines is 1. The standard InChI is InChI=1S/C25H23N5O3S/c1-3-6-18-22-21(16(12-26)23(27)33-24(22)30-29-18)14-9-10-19(31-2)15(11-14)13-34-25-28-17-7-4-5-8-20(17)32-25/h4-5,7-11,21H,3,6,13,27H2,1-2H3,(H,29,30). The topological polar surface area (TPSA) is 123 Å². The third-order valence-electron chi connectivity index (χ3n) is 5.78. The maximum absolute atomic E-state index is 9.92. The minimum atomic E-state index is -0.381. The molecule has 1 atom stereocenters. The Morgan fingerprint density at radius 1 is 1.26 bits per heavy atom. The molecule has 5 rings (SSSR count). The van der Waals surface area contributed by atoms with Crippen molar-refractivity contribution >= 4 is 22.9 Å². The molecule has 0 saturated heterocycles. The zero-order valence-corrected chi connectivity index (χ0v) is 19.6. The number of nitrogens with zero attached hydrogens (tertiary/aromatic N) is 3. The van der Waals surface area contributed by atoms with Gasteiger partial charge in [-0.05, 0) is 30.2 Å². The van der Waals surface area contributed by atoms with Gasteiger partial charge in [-0.1, -0.05) is 49.4 Å².